The Hall–Kier alpha value is -4.45. The Bertz CT molecular complexity index is 1610. The van der Waals surface area contributed by atoms with Gasteiger partial charge in [0.1, 0.15) is 24.1 Å². The predicted molar refractivity (Wildman–Crippen MR) is 180 cm³/mol. The summed E-state index contributed by atoms with van der Waals surface area (Å²) in [5.41, 5.74) is 1.08. The molecule has 1 aliphatic carbocycles. The van der Waals surface area contributed by atoms with Gasteiger partial charge < -0.3 is 29.2 Å². The van der Waals surface area contributed by atoms with E-state index in [9.17, 15) is 18.0 Å². The van der Waals surface area contributed by atoms with Crippen molar-refractivity contribution in [2.24, 2.45) is 0 Å². The third-order valence-corrected chi connectivity index (χ3v) is 10.2. The van der Waals surface area contributed by atoms with Crippen molar-refractivity contribution in [1.82, 2.24) is 10.2 Å². The highest BCUT2D eigenvalue weighted by Crippen LogP contribution is 2.37. The second kappa shape index (κ2) is 16.4. The summed E-state index contributed by atoms with van der Waals surface area (Å²) in [5.74, 6) is 0.295. The number of hydrogen-bond acceptors (Lipinski definition) is 8. The Morgan fingerprint density at radius 3 is 2.13 bits per heavy atom. The lowest BCUT2D eigenvalue weighted by atomic mass is 9.95. The molecule has 254 valence electrons. The number of rotatable bonds is 15. The highest BCUT2D eigenvalue weighted by atomic mass is 32.2. The minimum atomic E-state index is -4.42. The van der Waals surface area contributed by atoms with Crippen LogP contribution in [-0.2, 0) is 26.0 Å². The molecule has 47 heavy (non-hydrogen) atoms. The van der Waals surface area contributed by atoms with E-state index < -0.39 is 28.5 Å². The van der Waals surface area contributed by atoms with E-state index in [1.54, 1.807) is 19.1 Å². The second-order valence-electron chi connectivity index (χ2n) is 11.4. The smallest absolute Gasteiger partial charge is 0.265 e. The van der Waals surface area contributed by atoms with Crippen LogP contribution in [0.2, 0.25) is 0 Å². The molecule has 0 saturated heterocycles. The molecular weight excluding hydrogens is 622 g/mol. The van der Waals surface area contributed by atoms with Gasteiger partial charge in [0.25, 0.3) is 10.0 Å². The standard InChI is InChI=1S/C35H45N3O8S/c1-25(35(40)36-27-14-10-7-11-15-27)37(21-20-26-12-8-6-9-13-26)34(39)24-38(30-22-28(43-2)16-18-31(30)44-3)47(41,42)29-17-19-32(45-4)33(23-29)46-5/h6,8-9,12-13,16-19,22-23,25,27H,7,10-11,14-15,20-21,24H2,1-5H3,(H,36,40)/t25-/m0/s1. The van der Waals surface area contributed by atoms with E-state index in [1.807, 2.05) is 30.3 Å². The highest BCUT2D eigenvalue weighted by molar-refractivity contribution is 7.92. The van der Waals surface area contributed by atoms with Crippen LogP contribution in [0.1, 0.15) is 44.6 Å². The molecule has 1 saturated carbocycles. The van der Waals surface area contributed by atoms with Gasteiger partial charge in [0, 0.05) is 24.7 Å². The maximum atomic E-state index is 14.5. The van der Waals surface area contributed by atoms with Gasteiger partial charge in [-0.25, -0.2) is 8.42 Å². The van der Waals surface area contributed by atoms with Crippen molar-refractivity contribution in [3.05, 3.63) is 72.3 Å². The molecule has 1 N–H and O–H groups in total. The third-order valence-electron chi connectivity index (χ3n) is 8.48. The zero-order valence-corrected chi connectivity index (χ0v) is 28.5. The third kappa shape index (κ3) is 8.68. The first-order chi connectivity index (χ1) is 22.6. The zero-order valence-electron chi connectivity index (χ0n) is 27.7. The topological polar surface area (TPSA) is 124 Å². The molecule has 1 atom stereocenters. The van der Waals surface area contributed by atoms with Crippen LogP contribution in [0.5, 0.6) is 23.0 Å². The van der Waals surface area contributed by atoms with Gasteiger partial charge in [0.2, 0.25) is 11.8 Å². The van der Waals surface area contributed by atoms with E-state index in [2.05, 4.69) is 5.32 Å². The first kappa shape index (κ1) is 35.4. The highest BCUT2D eigenvalue weighted by Gasteiger charge is 2.35. The molecule has 11 nitrogen and oxygen atoms in total. The summed E-state index contributed by atoms with van der Waals surface area (Å²) < 4.78 is 51.6. The molecule has 0 aliphatic heterocycles. The average Bonchev–Trinajstić information content (AvgIpc) is 3.10. The van der Waals surface area contributed by atoms with Crippen LogP contribution in [0, 0.1) is 0 Å². The van der Waals surface area contributed by atoms with Gasteiger partial charge in [-0.2, -0.15) is 0 Å². The molecule has 0 radical (unpaired) electrons. The number of sulfonamides is 1. The number of carbonyl (C=O) groups excluding carboxylic acids is 2. The van der Waals surface area contributed by atoms with Crippen LogP contribution < -0.4 is 28.6 Å². The van der Waals surface area contributed by atoms with Crippen molar-refractivity contribution >= 4 is 27.5 Å². The first-order valence-corrected chi connectivity index (χ1v) is 17.2. The number of hydrogen-bond donors (Lipinski definition) is 1. The average molecular weight is 668 g/mol. The minimum absolute atomic E-state index is 0.0488. The van der Waals surface area contributed by atoms with Crippen molar-refractivity contribution in [1.29, 1.82) is 0 Å². The van der Waals surface area contributed by atoms with Crippen molar-refractivity contribution < 1.29 is 37.0 Å². The molecular formula is C35H45N3O8S. The van der Waals surface area contributed by atoms with Gasteiger partial charge in [0.15, 0.2) is 11.5 Å². The molecule has 0 unspecified atom stereocenters. The first-order valence-electron chi connectivity index (χ1n) is 15.7. The summed E-state index contributed by atoms with van der Waals surface area (Å²) in [6, 6.07) is 17.7. The Balaban J connectivity index is 1.75. The molecule has 12 heteroatoms. The lowest BCUT2D eigenvalue weighted by molar-refractivity contribution is -0.139. The quantitative estimate of drug-likeness (QED) is 0.245. The van der Waals surface area contributed by atoms with Gasteiger partial charge in [-0.05, 0) is 56.0 Å². The van der Waals surface area contributed by atoms with Crippen LogP contribution in [0.4, 0.5) is 5.69 Å². The molecule has 1 fully saturated rings. The summed E-state index contributed by atoms with van der Waals surface area (Å²) in [7, 11) is 1.32. The van der Waals surface area contributed by atoms with Crippen LogP contribution >= 0.6 is 0 Å². The van der Waals surface area contributed by atoms with Gasteiger partial charge in [-0.1, -0.05) is 49.6 Å². The number of nitrogens with zero attached hydrogens (tertiary/aromatic N) is 2. The Morgan fingerprint density at radius 1 is 0.830 bits per heavy atom. The Morgan fingerprint density at radius 2 is 1.49 bits per heavy atom. The van der Waals surface area contributed by atoms with Crippen molar-refractivity contribution in [2.45, 2.75) is 62.4 Å². The normalized spacial score (nSPS) is 14.1. The van der Waals surface area contributed by atoms with Crippen molar-refractivity contribution in [3.8, 4) is 23.0 Å². The summed E-state index contributed by atoms with van der Waals surface area (Å²) in [4.78, 5) is 29.2. The van der Waals surface area contributed by atoms with E-state index in [0.717, 1.165) is 42.0 Å². The van der Waals surface area contributed by atoms with Crippen LogP contribution in [-0.4, -0.2) is 78.7 Å². The minimum Gasteiger partial charge on any atom is -0.497 e. The maximum absolute atomic E-state index is 14.5. The molecule has 3 aromatic carbocycles. The molecule has 0 heterocycles. The van der Waals surface area contributed by atoms with Gasteiger partial charge in [0.05, 0.1) is 39.0 Å². The van der Waals surface area contributed by atoms with Crippen LogP contribution in [0.15, 0.2) is 71.6 Å². The molecule has 2 amide bonds. The van der Waals surface area contributed by atoms with Gasteiger partial charge in [-0.15, -0.1) is 0 Å². The summed E-state index contributed by atoms with van der Waals surface area (Å²) >= 11 is 0. The lowest BCUT2D eigenvalue weighted by Gasteiger charge is -2.33. The van der Waals surface area contributed by atoms with E-state index in [1.165, 1.54) is 57.6 Å². The SMILES string of the molecule is COc1ccc(OC)c(N(CC(=O)N(CCc2ccccc2)[C@@H](C)C(=O)NC2CCCCC2)S(=O)(=O)c2ccc(OC)c(OC)c2)c1. The fourth-order valence-corrected chi connectivity index (χ4v) is 7.18. The fraction of sp³-hybridized carbons (Fsp3) is 0.429. The number of carbonyl (C=O) groups is 2. The number of amides is 2. The lowest BCUT2D eigenvalue weighted by Crippen LogP contribution is -2.53. The molecule has 0 spiro atoms. The number of ether oxygens (including phenoxy) is 4. The maximum Gasteiger partial charge on any atom is 0.265 e. The van der Waals surface area contributed by atoms with E-state index in [4.69, 9.17) is 18.9 Å². The van der Waals surface area contributed by atoms with E-state index in [0.29, 0.717) is 17.9 Å². The van der Waals surface area contributed by atoms with Crippen molar-refractivity contribution in [3.63, 3.8) is 0 Å². The summed E-state index contributed by atoms with van der Waals surface area (Å²) in [5, 5.41) is 3.12. The molecule has 4 rings (SSSR count). The van der Waals surface area contributed by atoms with Gasteiger partial charge >= 0.3 is 0 Å². The number of anilines is 1. The van der Waals surface area contributed by atoms with Crippen molar-refractivity contribution in [2.75, 3.05) is 45.8 Å². The molecule has 0 aromatic heterocycles. The monoisotopic (exact) mass is 667 g/mol. The molecule has 1 aliphatic rings. The Kier molecular flexibility index (Phi) is 12.4. The number of benzene rings is 3. The van der Waals surface area contributed by atoms with Crippen LogP contribution in [0.3, 0.4) is 0 Å². The van der Waals surface area contributed by atoms with E-state index >= 15 is 0 Å². The predicted octanol–water partition coefficient (Wildman–Crippen LogP) is 4.83. The Labute approximate surface area is 277 Å². The largest absolute Gasteiger partial charge is 0.497 e. The fourth-order valence-electron chi connectivity index (χ4n) is 5.75. The molecule has 0 bridgehead atoms. The zero-order chi connectivity index (χ0) is 34.0. The van der Waals surface area contributed by atoms with Crippen LogP contribution in [0.25, 0.3) is 0 Å². The second-order valence-corrected chi connectivity index (χ2v) is 13.3. The summed E-state index contributed by atoms with van der Waals surface area (Å²) in [6.07, 6.45) is 5.48. The number of methoxy groups -OCH3 is 4. The number of nitrogens with one attached hydrogen (secondary N) is 1. The van der Waals surface area contributed by atoms with E-state index in [-0.39, 0.29) is 40.6 Å². The summed E-state index contributed by atoms with van der Waals surface area (Å²) in [6.45, 7) is 1.26. The van der Waals surface area contributed by atoms with Gasteiger partial charge in [-0.3, -0.25) is 13.9 Å². The molecule has 3 aromatic rings.